The first-order valence-electron chi connectivity index (χ1n) is 10.3. The monoisotopic (exact) mass is 491 g/mol. The molecule has 3 nitrogen and oxygen atoms in total. The summed E-state index contributed by atoms with van der Waals surface area (Å²) in [5.74, 6) is -0.894. The van der Waals surface area contributed by atoms with Crippen LogP contribution in [0.5, 0.6) is 0 Å². The minimum atomic E-state index is -4.35. The molecule has 0 aliphatic heterocycles. The molecule has 0 spiro atoms. The molecular formula is C25H24F3NO2S2. The summed E-state index contributed by atoms with van der Waals surface area (Å²) in [6.07, 6.45) is -2.83. The van der Waals surface area contributed by atoms with Crippen molar-refractivity contribution in [3.63, 3.8) is 0 Å². The fraction of sp³-hybridized carbons (Fsp3) is 0.280. The molecule has 0 bridgehead atoms. The number of alkyl halides is 3. The Balaban J connectivity index is 1.71. The number of carboxylic acids is 1. The number of hydrogen-bond acceptors (Lipinski definition) is 4. The van der Waals surface area contributed by atoms with Gasteiger partial charge in [0.25, 0.3) is 0 Å². The molecule has 0 aliphatic rings. The number of carbonyl (C=O) groups is 1. The molecule has 0 unspecified atom stereocenters. The highest BCUT2D eigenvalue weighted by Crippen LogP contribution is 2.35. The molecule has 174 valence electrons. The number of hydrogen-bond donors (Lipinski definition) is 1. The summed E-state index contributed by atoms with van der Waals surface area (Å²) in [5.41, 5.74) is 4.37. The van der Waals surface area contributed by atoms with Gasteiger partial charge in [-0.05, 0) is 73.4 Å². The van der Waals surface area contributed by atoms with Crippen molar-refractivity contribution in [3.05, 3.63) is 80.7 Å². The number of nitrogens with zero attached hydrogens (tertiary/aromatic N) is 1. The number of benzene rings is 2. The highest BCUT2D eigenvalue weighted by Gasteiger charge is 2.30. The van der Waals surface area contributed by atoms with E-state index in [2.05, 4.69) is 24.6 Å². The van der Waals surface area contributed by atoms with Crippen LogP contribution in [0.2, 0.25) is 0 Å². The summed E-state index contributed by atoms with van der Waals surface area (Å²) in [7, 11) is 0. The Morgan fingerprint density at radius 1 is 1.06 bits per heavy atom. The van der Waals surface area contributed by atoms with Gasteiger partial charge in [-0.3, -0.25) is 4.79 Å². The molecule has 2 aromatic carbocycles. The van der Waals surface area contributed by atoms with Crippen molar-refractivity contribution in [2.75, 3.05) is 0 Å². The molecule has 0 saturated heterocycles. The van der Waals surface area contributed by atoms with E-state index in [9.17, 15) is 18.0 Å². The van der Waals surface area contributed by atoms with Crippen molar-refractivity contribution < 1.29 is 23.1 Å². The van der Waals surface area contributed by atoms with E-state index in [0.29, 0.717) is 15.5 Å². The average molecular weight is 492 g/mol. The number of aromatic nitrogens is 1. The van der Waals surface area contributed by atoms with Gasteiger partial charge in [0, 0.05) is 15.3 Å². The van der Waals surface area contributed by atoms with Gasteiger partial charge in [0.05, 0.1) is 17.7 Å². The largest absolute Gasteiger partial charge is 0.481 e. The zero-order chi connectivity index (χ0) is 24.3. The number of aryl methyl sites for hydroxylation is 3. The Morgan fingerprint density at radius 2 is 1.73 bits per heavy atom. The second kappa shape index (κ2) is 10.1. The Morgan fingerprint density at radius 3 is 2.33 bits per heavy atom. The lowest BCUT2D eigenvalue weighted by atomic mass is 9.99. The van der Waals surface area contributed by atoms with Crippen LogP contribution in [0, 0.1) is 20.8 Å². The number of carboxylic acid groups (broad SMARTS) is 1. The summed E-state index contributed by atoms with van der Waals surface area (Å²) < 4.78 is 38.4. The van der Waals surface area contributed by atoms with Crippen molar-refractivity contribution in [2.24, 2.45) is 0 Å². The third-order valence-corrected chi connectivity index (χ3v) is 7.79. The van der Waals surface area contributed by atoms with Crippen LogP contribution in [0.1, 0.15) is 39.2 Å². The van der Waals surface area contributed by atoms with Crippen LogP contribution < -0.4 is 0 Å². The molecule has 3 rings (SSSR count). The van der Waals surface area contributed by atoms with Crippen molar-refractivity contribution >= 4 is 29.1 Å². The lowest BCUT2D eigenvalue weighted by Gasteiger charge is -2.13. The van der Waals surface area contributed by atoms with E-state index in [-0.39, 0.29) is 6.42 Å². The smallest absolute Gasteiger partial charge is 0.416 e. The van der Waals surface area contributed by atoms with E-state index in [1.54, 1.807) is 0 Å². The lowest BCUT2D eigenvalue weighted by molar-refractivity contribution is -0.138. The first kappa shape index (κ1) is 25.1. The highest BCUT2D eigenvalue weighted by atomic mass is 32.2. The van der Waals surface area contributed by atoms with Gasteiger partial charge in [-0.25, -0.2) is 4.98 Å². The van der Waals surface area contributed by atoms with E-state index in [4.69, 9.17) is 5.11 Å². The zero-order valence-electron chi connectivity index (χ0n) is 18.5. The van der Waals surface area contributed by atoms with E-state index in [1.165, 1.54) is 40.8 Å². The molecule has 0 radical (unpaired) electrons. The number of rotatable bonds is 8. The molecule has 1 heterocycles. The van der Waals surface area contributed by atoms with Gasteiger partial charge in [0.2, 0.25) is 0 Å². The van der Waals surface area contributed by atoms with Crippen LogP contribution >= 0.6 is 23.1 Å². The summed E-state index contributed by atoms with van der Waals surface area (Å²) in [6.45, 7) is 9.84. The molecule has 3 aromatic rings. The summed E-state index contributed by atoms with van der Waals surface area (Å²) >= 11 is 2.90. The minimum absolute atomic E-state index is 0.0726. The van der Waals surface area contributed by atoms with Gasteiger partial charge in [-0.15, -0.1) is 11.3 Å². The minimum Gasteiger partial charge on any atom is -0.481 e. The molecule has 0 aliphatic carbocycles. The van der Waals surface area contributed by atoms with E-state index >= 15 is 0 Å². The predicted octanol–water partition coefficient (Wildman–Crippen LogP) is 7.62. The van der Waals surface area contributed by atoms with Gasteiger partial charge in [-0.1, -0.05) is 36.5 Å². The van der Waals surface area contributed by atoms with E-state index in [1.807, 2.05) is 19.9 Å². The normalized spacial score (nSPS) is 11.6. The van der Waals surface area contributed by atoms with E-state index in [0.717, 1.165) is 51.6 Å². The van der Waals surface area contributed by atoms with Gasteiger partial charge in [0.1, 0.15) is 5.01 Å². The second-order valence-electron chi connectivity index (χ2n) is 7.79. The molecule has 0 saturated carbocycles. The standard InChI is InChI=1S/C25H24F3NO2S2/c1-14(13-23(30)31)32-21-11-7-18(15(2)16(21)3)8-12-22-17(4)29-24(33-22)19-5-9-20(10-6-19)25(26,27)28/h5-7,9-11H,1,8,12-13H2,2-4H3,(H,30,31). The number of halogens is 3. The van der Waals surface area contributed by atoms with Crippen LogP contribution in [0.25, 0.3) is 10.6 Å². The maximum Gasteiger partial charge on any atom is 0.416 e. The van der Waals surface area contributed by atoms with Crippen molar-refractivity contribution in [2.45, 2.75) is 51.1 Å². The first-order valence-corrected chi connectivity index (χ1v) is 11.9. The van der Waals surface area contributed by atoms with Crippen LogP contribution in [-0.2, 0) is 23.8 Å². The molecule has 33 heavy (non-hydrogen) atoms. The third-order valence-electron chi connectivity index (χ3n) is 5.43. The third kappa shape index (κ3) is 6.26. The molecule has 0 fully saturated rings. The van der Waals surface area contributed by atoms with Crippen molar-refractivity contribution in [3.8, 4) is 10.6 Å². The van der Waals surface area contributed by atoms with Crippen LogP contribution in [0.15, 0.2) is 52.8 Å². The summed E-state index contributed by atoms with van der Waals surface area (Å²) in [6, 6.07) is 9.17. The lowest BCUT2D eigenvalue weighted by Crippen LogP contribution is -2.03. The molecule has 0 atom stereocenters. The van der Waals surface area contributed by atoms with Crippen molar-refractivity contribution in [1.82, 2.24) is 4.98 Å². The molecule has 8 heteroatoms. The zero-order valence-corrected chi connectivity index (χ0v) is 20.2. The van der Waals surface area contributed by atoms with Gasteiger partial charge >= 0.3 is 12.1 Å². The Hall–Kier alpha value is -2.58. The van der Waals surface area contributed by atoms with E-state index < -0.39 is 17.7 Å². The Labute approximate surface area is 199 Å². The average Bonchev–Trinajstić information content (AvgIpc) is 3.10. The maximum absolute atomic E-state index is 12.8. The fourth-order valence-electron chi connectivity index (χ4n) is 3.43. The first-order chi connectivity index (χ1) is 15.5. The summed E-state index contributed by atoms with van der Waals surface area (Å²) in [5, 5.41) is 9.64. The number of thiazole rings is 1. The molecular weight excluding hydrogens is 467 g/mol. The quantitative estimate of drug-likeness (QED) is 0.329. The van der Waals surface area contributed by atoms with Gasteiger partial charge in [0.15, 0.2) is 0 Å². The summed E-state index contributed by atoms with van der Waals surface area (Å²) in [4.78, 5) is 18.1. The van der Waals surface area contributed by atoms with Crippen molar-refractivity contribution in [1.29, 1.82) is 0 Å². The van der Waals surface area contributed by atoms with Crippen LogP contribution in [0.3, 0.4) is 0 Å². The number of aliphatic carboxylic acids is 1. The van der Waals surface area contributed by atoms with Gasteiger partial charge < -0.3 is 5.11 Å². The Kier molecular flexibility index (Phi) is 7.69. The van der Waals surface area contributed by atoms with Crippen LogP contribution in [-0.4, -0.2) is 16.1 Å². The van der Waals surface area contributed by atoms with Crippen LogP contribution in [0.4, 0.5) is 13.2 Å². The SMILES string of the molecule is C=C(CC(=O)O)Sc1ccc(CCc2sc(-c3ccc(C(F)(F)F)cc3)nc2C)c(C)c1C. The molecule has 0 amide bonds. The van der Waals surface area contributed by atoms with Gasteiger partial charge in [-0.2, -0.15) is 13.2 Å². The predicted molar refractivity (Wildman–Crippen MR) is 128 cm³/mol. The fourth-order valence-corrected chi connectivity index (χ4v) is 5.44. The Bertz CT molecular complexity index is 1180. The second-order valence-corrected chi connectivity index (χ2v) is 10.1. The highest BCUT2D eigenvalue weighted by molar-refractivity contribution is 8.03. The topological polar surface area (TPSA) is 50.2 Å². The molecule has 1 N–H and O–H groups in total. The number of thioether (sulfide) groups is 1. The maximum atomic E-state index is 12.8. The molecule has 1 aromatic heterocycles.